The lowest BCUT2D eigenvalue weighted by atomic mass is 10.0. The highest BCUT2D eigenvalue weighted by Gasteiger charge is 2.22. The van der Waals surface area contributed by atoms with Gasteiger partial charge in [-0.1, -0.05) is 30.3 Å². The van der Waals surface area contributed by atoms with Crippen LogP contribution < -0.4 is 5.32 Å². The van der Waals surface area contributed by atoms with Crippen molar-refractivity contribution in [3.8, 4) is 11.3 Å². The first-order valence-corrected chi connectivity index (χ1v) is 9.11. The monoisotopic (exact) mass is 369 g/mol. The van der Waals surface area contributed by atoms with E-state index >= 15 is 0 Å². The van der Waals surface area contributed by atoms with Crippen LogP contribution in [0.5, 0.6) is 0 Å². The van der Waals surface area contributed by atoms with Gasteiger partial charge in [-0.05, 0) is 23.9 Å². The first kappa shape index (κ1) is 17.9. The van der Waals surface area contributed by atoms with Gasteiger partial charge in [0, 0.05) is 28.6 Å². The molecule has 26 heavy (non-hydrogen) atoms. The van der Waals surface area contributed by atoms with E-state index in [-0.39, 0.29) is 18.7 Å². The third-order valence-electron chi connectivity index (χ3n) is 4.12. The number of nitrogens with one attached hydrogen (secondary N) is 2. The van der Waals surface area contributed by atoms with Crippen molar-refractivity contribution in [3.05, 3.63) is 64.0 Å². The highest BCUT2D eigenvalue weighted by molar-refractivity contribution is 7.08. The summed E-state index contributed by atoms with van der Waals surface area (Å²) in [6.45, 7) is 1.85. The van der Waals surface area contributed by atoms with Gasteiger partial charge in [0.1, 0.15) is 6.04 Å². The van der Waals surface area contributed by atoms with Crippen LogP contribution in [0, 0.1) is 6.92 Å². The number of hydrogen-bond donors (Lipinski definition) is 3. The number of H-pyrrole nitrogens is 1. The Morgan fingerprint density at radius 2 is 2.04 bits per heavy atom. The number of hydrogen-bond acceptors (Lipinski definition) is 4. The average Bonchev–Trinajstić information content (AvgIpc) is 3.26. The number of carbonyl (C=O) groups excluding carboxylic acids is 1. The summed E-state index contributed by atoms with van der Waals surface area (Å²) in [5, 5.41) is 23.2. The van der Waals surface area contributed by atoms with E-state index in [1.54, 1.807) is 11.3 Å². The molecule has 0 saturated heterocycles. The maximum Gasteiger partial charge on any atom is 0.326 e. The molecule has 0 spiro atoms. The summed E-state index contributed by atoms with van der Waals surface area (Å²) in [4.78, 5) is 24.0. The van der Waals surface area contributed by atoms with Crippen molar-refractivity contribution in [1.29, 1.82) is 0 Å². The van der Waals surface area contributed by atoms with Crippen LogP contribution in [-0.4, -0.2) is 33.2 Å². The Hall–Kier alpha value is -2.93. The van der Waals surface area contributed by atoms with E-state index in [2.05, 4.69) is 15.5 Å². The van der Waals surface area contributed by atoms with E-state index in [1.165, 1.54) is 0 Å². The standard InChI is InChI=1S/C19H19N3O3S/c1-12-15(18(22-21-12)14-7-8-26-11-14)10-17(23)20-16(19(24)25)9-13-5-3-2-4-6-13/h2-8,11,16H,9-10H2,1H3,(H,20,23)(H,21,22)(H,24,25). The number of amides is 1. The second kappa shape index (κ2) is 7.97. The molecule has 0 aliphatic rings. The first-order chi connectivity index (χ1) is 12.5. The Morgan fingerprint density at radius 1 is 1.27 bits per heavy atom. The first-order valence-electron chi connectivity index (χ1n) is 8.17. The third kappa shape index (κ3) is 4.18. The Bertz CT molecular complexity index is 888. The predicted octanol–water partition coefficient (Wildman–Crippen LogP) is 2.80. The highest BCUT2D eigenvalue weighted by Crippen LogP contribution is 2.26. The van der Waals surface area contributed by atoms with Crippen LogP contribution in [-0.2, 0) is 22.4 Å². The third-order valence-corrected chi connectivity index (χ3v) is 4.81. The van der Waals surface area contributed by atoms with E-state index in [1.807, 2.05) is 54.1 Å². The molecule has 0 bridgehead atoms. The number of carbonyl (C=O) groups is 2. The highest BCUT2D eigenvalue weighted by atomic mass is 32.1. The molecule has 7 heteroatoms. The zero-order valence-electron chi connectivity index (χ0n) is 14.2. The maximum absolute atomic E-state index is 12.5. The quantitative estimate of drug-likeness (QED) is 0.597. The molecular formula is C19H19N3O3S. The Morgan fingerprint density at radius 3 is 2.69 bits per heavy atom. The van der Waals surface area contributed by atoms with Gasteiger partial charge in [-0.3, -0.25) is 9.89 Å². The van der Waals surface area contributed by atoms with Crippen LogP contribution in [0.25, 0.3) is 11.3 Å². The van der Waals surface area contributed by atoms with Gasteiger partial charge < -0.3 is 10.4 Å². The van der Waals surface area contributed by atoms with Gasteiger partial charge >= 0.3 is 5.97 Å². The minimum absolute atomic E-state index is 0.0755. The molecule has 3 rings (SSSR count). The van der Waals surface area contributed by atoms with Gasteiger partial charge in [-0.25, -0.2) is 4.79 Å². The average molecular weight is 369 g/mol. The number of benzene rings is 1. The van der Waals surface area contributed by atoms with Crippen molar-refractivity contribution in [3.63, 3.8) is 0 Å². The zero-order valence-corrected chi connectivity index (χ0v) is 15.0. The lowest BCUT2D eigenvalue weighted by molar-refractivity contribution is -0.141. The van der Waals surface area contributed by atoms with Gasteiger partial charge in [-0.15, -0.1) is 0 Å². The Balaban J connectivity index is 1.72. The van der Waals surface area contributed by atoms with Crippen LogP contribution in [0.4, 0.5) is 0 Å². The number of nitrogens with zero attached hydrogens (tertiary/aromatic N) is 1. The summed E-state index contributed by atoms with van der Waals surface area (Å²) < 4.78 is 0. The summed E-state index contributed by atoms with van der Waals surface area (Å²) in [7, 11) is 0. The van der Waals surface area contributed by atoms with Crippen molar-refractivity contribution >= 4 is 23.2 Å². The summed E-state index contributed by atoms with van der Waals surface area (Å²) >= 11 is 1.55. The van der Waals surface area contributed by atoms with Crippen LogP contribution in [0.15, 0.2) is 47.2 Å². The summed E-state index contributed by atoms with van der Waals surface area (Å²) in [6.07, 6.45) is 0.315. The lowest BCUT2D eigenvalue weighted by Crippen LogP contribution is -2.43. The van der Waals surface area contributed by atoms with Gasteiger partial charge in [-0.2, -0.15) is 16.4 Å². The van der Waals surface area contributed by atoms with E-state index in [9.17, 15) is 14.7 Å². The molecule has 1 aromatic carbocycles. The van der Waals surface area contributed by atoms with Gasteiger partial charge in [0.25, 0.3) is 0 Å². The fraction of sp³-hybridized carbons (Fsp3) is 0.211. The summed E-state index contributed by atoms with van der Waals surface area (Å²) in [5.74, 6) is -1.39. The molecule has 2 heterocycles. The van der Waals surface area contributed by atoms with Crippen molar-refractivity contribution in [2.45, 2.75) is 25.8 Å². The minimum Gasteiger partial charge on any atom is -0.480 e. The minimum atomic E-state index is -1.05. The predicted molar refractivity (Wildman–Crippen MR) is 100 cm³/mol. The number of aromatic nitrogens is 2. The van der Waals surface area contributed by atoms with Crippen molar-refractivity contribution in [1.82, 2.24) is 15.5 Å². The van der Waals surface area contributed by atoms with Gasteiger partial charge in [0.15, 0.2) is 0 Å². The molecular weight excluding hydrogens is 350 g/mol. The molecule has 0 fully saturated rings. The SMILES string of the molecule is Cc1[nH]nc(-c2ccsc2)c1CC(=O)NC(Cc1ccccc1)C(=O)O. The lowest BCUT2D eigenvalue weighted by Gasteiger charge is -2.15. The Labute approximate surface area is 154 Å². The molecule has 0 saturated carbocycles. The molecule has 0 radical (unpaired) electrons. The molecule has 3 aromatic rings. The zero-order chi connectivity index (χ0) is 18.5. The second-order valence-corrected chi connectivity index (χ2v) is 6.79. The molecule has 2 aromatic heterocycles. The molecule has 134 valence electrons. The normalized spacial score (nSPS) is 11.9. The van der Waals surface area contributed by atoms with Gasteiger partial charge in [0.05, 0.1) is 12.1 Å². The number of aromatic amines is 1. The fourth-order valence-corrected chi connectivity index (χ4v) is 3.40. The topological polar surface area (TPSA) is 95.1 Å². The van der Waals surface area contributed by atoms with Gasteiger partial charge in [0.2, 0.25) is 5.91 Å². The molecule has 0 aliphatic heterocycles. The van der Waals surface area contributed by atoms with E-state index < -0.39 is 12.0 Å². The molecule has 3 N–H and O–H groups in total. The van der Waals surface area contributed by atoms with Crippen LogP contribution >= 0.6 is 11.3 Å². The van der Waals surface area contributed by atoms with Crippen LogP contribution in [0.3, 0.4) is 0 Å². The fourth-order valence-electron chi connectivity index (χ4n) is 2.76. The molecule has 6 nitrogen and oxygen atoms in total. The van der Waals surface area contributed by atoms with Crippen molar-refractivity contribution in [2.75, 3.05) is 0 Å². The van der Waals surface area contributed by atoms with E-state index in [0.29, 0.717) is 0 Å². The number of thiophene rings is 1. The van der Waals surface area contributed by atoms with E-state index in [4.69, 9.17) is 0 Å². The molecule has 1 amide bonds. The molecule has 0 aliphatic carbocycles. The number of carboxylic acid groups (broad SMARTS) is 1. The molecule has 1 atom stereocenters. The number of carboxylic acids is 1. The number of aryl methyl sites for hydroxylation is 1. The van der Waals surface area contributed by atoms with Crippen molar-refractivity contribution in [2.24, 2.45) is 0 Å². The maximum atomic E-state index is 12.5. The number of aliphatic carboxylic acids is 1. The Kier molecular flexibility index (Phi) is 5.48. The number of rotatable bonds is 7. The van der Waals surface area contributed by atoms with Crippen molar-refractivity contribution < 1.29 is 14.7 Å². The molecule has 1 unspecified atom stereocenters. The summed E-state index contributed by atoms with van der Waals surface area (Å²) in [5.41, 5.74) is 4.12. The summed E-state index contributed by atoms with van der Waals surface area (Å²) in [6, 6.07) is 10.2. The largest absolute Gasteiger partial charge is 0.480 e. The smallest absolute Gasteiger partial charge is 0.326 e. The van der Waals surface area contributed by atoms with Crippen LogP contribution in [0.1, 0.15) is 16.8 Å². The van der Waals surface area contributed by atoms with Crippen LogP contribution in [0.2, 0.25) is 0 Å². The second-order valence-electron chi connectivity index (χ2n) is 6.01. The van der Waals surface area contributed by atoms with E-state index in [0.717, 1.165) is 28.1 Å².